The molecule has 2 aromatic rings. The van der Waals surface area contributed by atoms with E-state index < -0.39 is 10.0 Å². The molecule has 0 amide bonds. The van der Waals surface area contributed by atoms with E-state index in [9.17, 15) is 13.2 Å². The van der Waals surface area contributed by atoms with Gasteiger partial charge in [0.05, 0.1) is 32.1 Å². The smallest absolute Gasteiger partial charge is 0.308 e. The van der Waals surface area contributed by atoms with Gasteiger partial charge < -0.3 is 14.2 Å². The van der Waals surface area contributed by atoms with Crippen molar-refractivity contribution in [1.29, 1.82) is 0 Å². The minimum absolute atomic E-state index is 0.218. The summed E-state index contributed by atoms with van der Waals surface area (Å²) in [5, 5.41) is 0. The molecule has 1 heterocycles. The molecule has 7 nitrogen and oxygen atoms in total. The van der Waals surface area contributed by atoms with Crippen molar-refractivity contribution in [2.45, 2.75) is 31.2 Å². The fourth-order valence-electron chi connectivity index (χ4n) is 3.69. The van der Waals surface area contributed by atoms with E-state index in [1.54, 1.807) is 45.4 Å². The zero-order valence-corrected chi connectivity index (χ0v) is 18.5. The number of carbonyl (C=O) groups is 1. The second kappa shape index (κ2) is 9.06. The van der Waals surface area contributed by atoms with Crippen molar-refractivity contribution in [3.05, 3.63) is 53.1 Å². The quantitative estimate of drug-likeness (QED) is 0.625. The Morgan fingerprint density at radius 1 is 1.10 bits per heavy atom. The maximum Gasteiger partial charge on any atom is 0.308 e. The van der Waals surface area contributed by atoms with Crippen molar-refractivity contribution in [2.75, 3.05) is 27.9 Å². The second-order valence-electron chi connectivity index (χ2n) is 7.34. The Morgan fingerprint density at radius 3 is 2.53 bits per heavy atom. The van der Waals surface area contributed by atoms with Gasteiger partial charge in [-0.2, -0.15) is 4.31 Å². The first-order valence-electron chi connectivity index (χ1n) is 9.70. The number of hydrogen-bond acceptors (Lipinski definition) is 6. The summed E-state index contributed by atoms with van der Waals surface area (Å²) in [6, 6.07) is 10.7. The highest BCUT2D eigenvalue weighted by Gasteiger charge is 2.32. The number of esters is 1. The van der Waals surface area contributed by atoms with Crippen LogP contribution in [0, 0.1) is 5.92 Å². The van der Waals surface area contributed by atoms with Crippen LogP contribution in [0.5, 0.6) is 11.5 Å². The van der Waals surface area contributed by atoms with E-state index in [0.29, 0.717) is 35.8 Å². The van der Waals surface area contributed by atoms with Gasteiger partial charge >= 0.3 is 5.97 Å². The van der Waals surface area contributed by atoms with Gasteiger partial charge in [-0.1, -0.05) is 25.1 Å². The molecule has 0 bridgehead atoms. The number of carbonyl (C=O) groups excluding carboxylic acids is 1. The molecule has 1 atom stereocenters. The standard InChI is InChI=1S/C22H27NO6S/c1-15(22(24)29-4)11-16-5-8-21-17(12-16)9-10-23(30(21,25)26)14-18-6-7-19(27-2)13-20(18)28-3/h5-8,12-13,15H,9-11,14H2,1-4H3/t15-/m0/s1. The Labute approximate surface area is 177 Å². The van der Waals surface area contributed by atoms with Crippen LogP contribution in [0.15, 0.2) is 41.3 Å². The molecule has 2 aromatic carbocycles. The van der Waals surface area contributed by atoms with Crippen molar-refractivity contribution in [2.24, 2.45) is 5.92 Å². The van der Waals surface area contributed by atoms with Crippen molar-refractivity contribution < 1.29 is 27.4 Å². The first-order valence-corrected chi connectivity index (χ1v) is 11.1. The van der Waals surface area contributed by atoms with Gasteiger partial charge in [0, 0.05) is 24.7 Å². The van der Waals surface area contributed by atoms with Crippen LogP contribution in [0.25, 0.3) is 0 Å². The molecule has 0 radical (unpaired) electrons. The first-order chi connectivity index (χ1) is 14.3. The lowest BCUT2D eigenvalue weighted by atomic mass is 9.98. The van der Waals surface area contributed by atoms with Gasteiger partial charge in [0.25, 0.3) is 0 Å². The molecule has 1 aliphatic rings. The average molecular weight is 434 g/mol. The average Bonchev–Trinajstić information content (AvgIpc) is 2.75. The van der Waals surface area contributed by atoms with Gasteiger partial charge in [-0.25, -0.2) is 8.42 Å². The summed E-state index contributed by atoms with van der Waals surface area (Å²) in [5.41, 5.74) is 2.48. The van der Waals surface area contributed by atoms with Crippen LogP contribution < -0.4 is 9.47 Å². The number of methoxy groups -OCH3 is 3. The summed E-state index contributed by atoms with van der Waals surface area (Å²) >= 11 is 0. The van der Waals surface area contributed by atoms with Gasteiger partial charge in [0.2, 0.25) is 10.0 Å². The van der Waals surface area contributed by atoms with Crippen LogP contribution >= 0.6 is 0 Å². The molecule has 162 valence electrons. The Kier molecular flexibility index (Phi) is 6.67. The molecule has 0 N–H and O–H groups in total. The summed E-state index contributed by atoms with van der Waals surface area (Å²) in [7, 11) is 0.854. The maximum absolute atomic E-state index is 13.2. The maximum atomic E-state index is 13.2. The van der Waals surface area contributed by atoms with Crippen molar-refractivity contribution in [1.82, 2.24) is 4.31 Å². The third-order valence-corrected chi connectivity index (χ3v) is 7.31. The van der Waals surface area contributed by atoms with Crippen LogP contribution in [-0.2, 0) is 38.9 Å². The highest BCUT2D eigenvalue weighted by atomic mass is 32.2. The van der Waals surface area contributed by atoms with E-state index in [1.807, 2.05) is 12.1 Å². The number of ether oxygens (including phenoxy) is 3. The monoisotopic (exact) mass is 433 g/mol. The molecule has 3 rings (SSSR count). The lowest BCUT2D eigenvalue weighted by molar-refractivity contribution is -0.144. The molecule has 0 fully saturated rings. The molecule has 0 saturated carbocycles. The molecule has 8 heteroatoms. The van der Waals surface area contributed by atoms with Crippen LogP contribution in [0.1, 0.15) is 23.6 Å². The first kappa shape index (κ1) is 22.1. The number of fused-ring (bicyclic) bond motifs is 1. The van der Waals surface area contributed by atoms with E-state index in [-0.39, 0.29) is 18.4 Å². The number of benzene rings is 2. The van der Waals surface area contributed by atoms with Gasteiger partial charge in [-0.15, -0.1) is 0 Å². The minimum atomic E-state index is -3.63. The topological polar surface area (TPSA) is 82.1 Å². The number of hydrogen-bond donors (Lipinski definition) is 0. The van der Waals surface area contributed by atoms with Crippen molar-refractivity contribution in [3.8, 4) is 11.5 Å². The van der Waals surface area contributed by atoms with Crippen LogP contribution in [0.3, 0.4) is 0 Å². The molecule has 30 heavy (non-hydrogen) atoms. The minimum Gasteiger partial charge on any atom is -0.497 e. The zero-order chi connectivity index (χ0) is 21.9. The Balaban J connectivity index is 1.83. The lowest BCUT2D eigenvalue weighted by Crippen LogP contribution is -2.37. The van der Waals surface area contributed by atoms with Crippen LogP contribution in [0.2, 0.25) is 0 Å². The summed E-state index contributed by atoms with van der Waals surface area (Å²) in [5.74, 6) is 0.672. The van der Waals surface area contributed by atoms with E-state index in [1.165, 1.54) is 11.4 Å². The van der Waals surface area contributed by atoms with E-state index in [4.69, 9.17) is 14.2 Å². The summed E-state index contributed by atoms with van der Waals surface area (Å²) < 4.78 is 43.3. The summed E-state index contributed by atoms with van der Waals surface area (Å²) in [4.78, 5) is 12.0. The third-order valence-electron chi connectivity index (χ3n) is 5.36. The second-order valence-corrected chi connectivity index (χ2v) is 9.24. The number of sulfonamides is 1. The van der Waals surface area contributed by atoms with Crippen molar-refractivity contribution >= 4 is 16.0 Å². The largest absolute Gasteiger partial charge is 0.497 e. The fourth-order valence-corrected chi connectivity index (χ4v) is 5.34. The molecular weight excluding hydrogens is 406 g/mol. The van der Waals surface area contributed by atoms with Crippen LogP contribution in [0.4, 0.5) is 0 Å². The SMILES string of the molecule is COC(=O)[C@@H](C)Cc1ccc2c(c1)CCN(Cc1ccc(OC)cc1OC)S2(=O)=O. The van der Waals surface area contributed by atoms with Gasteiger partial charge in [0.15, 0.2) is 0 Å². The molecule has 0 aliphatic carbocycles. The zero-order valence-electron chi connectivity index (χ0n) is 17.7. The highest BCUT2D eigenvalue weighted by Crippen LogP contribution is 2.32. The van der Waals surface area contributed by atoms with Gasteiger partial charge in [0.1, 0.15) is 11.5 Å². The molecular formula is C22H27NO6S. The normalized spacial score (nSPS) is 16.4. The Morgan fingerprint density at radius 2 is 1.87 bits per heavy atom. The number of nitrogens with zero attached hydrogens (tertiary/aromatic N) is 1. The van der Waals surface area contributed by atoms with Crippen LogP contribution in [-0.4, -0.2) is 46.6 Å². The molecule has 1 aliphatic heterocycles. The summed E-state index contributed by atoms with van der Waals surface area (Å²) in [6.07, 6.45) is 1.11. The van der Waals surface area contributed by atoms with Gasteiger partial charge in [-0.3, -0.25) is 4.79 Å². The number of rotatable bonds is 7. The highest BCUT2D eigenvalue weighted by molar-refractivity contribution is 7.89. The predicted molar refractivity (Wildman–Crippen MR) is 112 cm³/mol. The van der Waals surface area contributed by atoms with E-state index in [2.05, 4.69) is 0 Å². The molecule has 0 spiro atoms. The Bertz CT molecular complexity index is 1030. The van der Waals surface area contributed by atoms with Gasteiger partial charge in [-0.05, 0) is 36.1 Å². The van der Waals surface area contributed by atoms with E-state index in [0.717, 1.165) is 16.7 Å². The predicted octanol–water partition coefficient (Wildman–Crippen LogP) is 2.80. The lowest BCUT2D eigenvalue weighted by Gasteiger charge is -2.29. The van der Waals surface area contributed by atoms with Crippen molar-refractivity contribution in [3.63, 3.8) is 0 Å². The Hall–Kier alpha value is -2.58. The molecule has 0 unspecified atom stereocenters. The molecule has 0 saturated heterocycles. The molecule has 0 aromatic heterocycles. The summed E-state index contributed by atoms with van der Waals surface area (Å²) in [6.45, 7) is 2.39. The van der Waals surface area contributed by atoms with E-state index >= 15 is 0 Å². The fraction of sp³-hybridized carbons (Fsp3) is 0.409. The third kappa shape index (κ3) is 4.44.